The van der Waals surface area contributed by atoms with Crippen LogP contribution >= 0.6 is 0 Å². The molecule has 0 aromatic heterocycles. The third kappa shape index (κ3) is 9.93. The molecule has 0 saturated carbocycles. The maximum Gasteiger partial charge on any atom is 0.341 e. The molecule has 0 radical (unpaired) electrons. The third-order valence-corrected chi connectivity index (χ3v) is 2.36. The highest BCUT2D eigenvalue weighted by atomic mass is 19.3. The molecule has 0 aromatic carbocycles. The SMILES string of the molecule is CC(=CC(F)C(F)C(F)F)C(=O)O.O=C(O)C=CC(F)C(F)(F)C(F)F. The third-order valence-electron chi connectivity index (χ3n) is 2.36. The summed E-state index contributed by atoms with van der Waals surface area (Å²) in [5.74, 6) is -8.01. The lowest BCUT2D eigenvalue weighted by Crippen LogP contribution is -2.36. The lowest BCUT2D eigenvalue weighted by molar-refractivity contribution is -0.159. The van der Waals surface area contributed by atoms with Gasteiger partial charge in [-0.05, 0) is 19.1 Å². The van der Waals surface area contributed by atoms with E-state index >= 15 is 0 Å². The van der Waals surface area contributed by atoms with Crippen molar-refractivity contribution >= 4 is 11.9 Å². The largest absolute Gasteiger partial charge is 0.478 e. The first-order valence-corrected chi connectivity index (χ1v) is 6.33. The normalized spacial score (nSPS) is 16.2. The summed E-state index contributed by atoms with van der Waals surface area (Å²) < 4.78 is 107. The number of rotatable bonds is 8. The van der Waals surface area contributed by atoms with Gasteiger partial charge in [0.25, 0.3) is 6.43 Å². The molecule has 0 aliphatic heterocycles. The molecule has 0 spiro atoms. The molecule has 2 N–H and O–H groups in total. The van der Waals surface area contributed by atoms with Gasteiger partial charge in [-0.2, -0.15) is 8.78 Å². The molecular weight excluding hydrogens is 391 g/mol. The van der Waals surface area contributed by atoms with Gasteiger partial charge in [0.1, 0.15) is 0 Å². The first kappa shape index (κ1) is 26.0. The molecule has 0 amide bonds. The van der Waals surface area contributed by atoms with Crippen molar-refractivity contribution < 1.29 is 59.3 Å². The van der Waals surface area contributed by atoms with Crippen LogP contribution in [0.1, 0.15) is 6.92 Å². The summed E-state index contributed by atoms with van der Waals surface area (Å²) in [6, 6.07) is 0. The summed E-state index contributed by atoms with van der Waals surface area (Å²) >= 11 is 0. The van der Waals surface area contributed by atoms with Crippen LogP contribution in [-0.2, 0) is 9.59 Å². The smallest absolute Gasteiger partial charge is 0.341 e. The molecule has 0 aliphatic carbocycles. The Labute approximate surface area is 140 Å². The molecule has 152 valence electrons. The van der Waals surface area contributed by atoms with Gasteiger partial charge < -0.3 is 10.2 Å². The second-order valence-electron chi connectivity index (χ2n) is 4.45. The number of halogens is 9. The van der Waals surface area contributed by atoms with E-state index in [0.717, 1.165) is 6.92 Å². The van der Waals surface area contributed by atoms with Crippen LogP contribution in [0.3, 0.4) is 0 Å². The molecule has 0 bridgehead atoms. The van der Waals surface area contributed by atoms with E-state index in [1.54, 1.807) is 0 Å². The summed E-state index contributed by atoms with van der Waals surface area (Å²) in [5.41, 5.74) is -0.504. The van der Waals surface area contributed by atoms with Crippen LogP contribution in [0, 0.1) is 0 Å². The van der Waals surface area contributed by atoms with Crippen molar-refractivity contribution in [3.63, 3.8) is 0 Å². The second-order valence-corrected chi connectivity index (χ2v) is 4.45. The maximum atomic E-state index is 12.5. The van der Waals surface area contributed by atoms with Crippen LogP contribution in [0.25, 0.3) is 0 Å². The first-order valence-electron chi connectivity index (χ1n) is 6.33. The monoisotopic (exact) mass is 404 g/mol. The van der Waals surface area contributed by atoms with E-state index in [1.807, 2.05) is 0 Å². The number of aliphatic carboxylic acids is 2. The fourth-order valence-electron chi connectivity index (χ4n) is 0.956. The predicted octanol–water partition coefficient (Wildman–Crippen LogP) is 3.82. The van der Waals surface area contributed by atoms with Crippen LogP contribution in [0.4, 0.5) is 39.5 Å². The minimum Gasteiger partial charge on any atom is -0.478 e. The molecular formula is C13H13F9O4. The van der Waals surface area contributed by atoms with E-state index in [2.05, 4.69) is 0 Å². The molecule has 0 aromatic rings. The maximum absolute atomic E-state index is 12.5. The van der Waals surface area contributed by atoms with Crippen molar-refractivity contribution in [1.82, 2.24) is 0 Å². The molecule has 0 saturated heterocycles. The highest BCUT2D eigenvalue weighted by Gasteiger charge is 2.48. The van der Waals surface area contributed by atoms with E-state index in [0.29, 0.717) is 6.08 Å². The quantitative estimate of drug-likeness (QED) is 0.477. The number of allylic oxidation sites excluding steroid dienone is 2. The van der Waals surface area contributed by atoms with Gasteiger partial charge in [-0.3, -0.25) is 0 Å². The van der Waals surface area contributed by atoms with E-state index in [1.165, 1.54) is 0 Å². The Morgan fingerprint density at radius 1 is 0.962 bits per heavy atom. The van der Waals surface area contributed by atoms with E-state index in [-0.39, 0.29) is 12.2 Å². The number of carboxylic acids is 2. The van der Waals surface area contributed by atoms with Gasteiger partial charge >= 0.3 is 24.3 Å². The zero-order valence-electron chi connectivity index (χ0n) is 12.7. The summed E-state index contributed by atoms with van der Waals surface area (Å²) in [6.07, 6.45) is -16.3. The summed E-state index contributed by atoms with van der Waals surface area (Å²) in [4.78, 5) is 19.8. The average molecular weight is 404 g/mol. The minimum absolute atomic E-state index is 0.0426. The molecule has 4 nitrogen and oxygen atoms in total. The highest BCUT2D eigenvalue weighted by molar-refractivity contribution is 5.85. The highest BCUT2D eigenvalue weighted by Crippen LogP contribution is 2.29. The lowest BCUT2D eigenvalue weighted by atomic mass is 10.2. The predicted molar refractivity (Wildman–Crippen MR) is 69.8 cm³/mol. The number of hydrogen-bond acceptors (Lipinski definition) is 2. The van der Waals surface area contributed by atoms with Gasteiger partial charge in [-0.15, -0.1) is 0 Å². The topological polar surface area (TPSA) is 74.6 Å². The molecule has 0 heterocycles. The Kier molecular flexibility index (Phi) is 11.4. The molecule has 0 aliphatic rings. The summed E-state index contributed by atoms with van der Waals surface area (Å²) in [6.45, 7) is 0.993. The summed E-state index contributed by atoms with van der Waals surface area (Å²) in [5, 5.41) is 16.1. The lowest BCUT2D eigenvalue weighted by Gasteiger charge is -2.16. The van der Waals surface area contributed by atoms with Gasteiger partial charge in [0.15, 0.2) is 18.5 Å². The Bertz CT molecular complexity index is 520. The number of hydrogen-bond donors (Lipinski definition) is 2. The summed E-state index contributed by atoms with van der Waals surface area (Å²) in [7, 11) is 0. The zero-order chi connectivity index (χ0) is 21.2. The molecule has 3 unspecified atom stereocenters. The van der Waals surface area contributed by atoms with Crippen molar-refractivity contribution in [3.05, 3.63) is 23.8 Å². The van der Waals surface area contributed by atoms with Crippen LogP contribution < -0.4 is 0 Å². The Morgan fingerprint density at radius 3 is 1.73 bits per heavy atom. The van der Waals surface area contributed by atoms with Gasteiger partial charge in [0.05, 0.1) is 0 Å². The van der Waals surface area contributed by atoms with Crippen LogP contribution in [0.5, 0.6) is 0 Å². The Balaban J connectivity index is 0. The zero-order valence-corrected chi connectivity index (χ0v) is 12.7. The Morgan fingerprint density at radius 2 is 1.42 bits per heavy atom. The van der Waals surface area contributed by atoms with Gasteiger partial charge in [-0.1, -0.05) is 0 Å². The molecule has 3 atom stereocenters. The molecule has 0 rings (SSSR count). The van der Waals surface area contributed by atoms with Crippen molar-refractivity contribution in [2.75, 3.05) is 0 Å². The molecule has 0 fully saturated rings. The van der Waals surface area contributed by atoms with Gasteiger partial charge in [0.2, 0.25) is 0 Å². The Hall–Kier alpha value is -2.21. The van der Waals surface area contributed by atoms with Crippen LogP contribution in [0.15, 0.2) is 23.8 Å². The van der Waals surface area contributed by atoms with E-state index < -0.39 is 54.8 Å². The fraction of sp³-hybridized carbons (Fsp3) is 0.538. The molecule has 26 heavy (non-hydrogen) atoms. The van der Waals surface area contributed by atoms with Crippen LogP contribution in [0.2, 0.25) is 0 Å². The second kappa shape index (κ2) is 11.4. The fourth-order valence-corrected chi connectivity index (χ4v) is 0.956. The van der Waals surface area contributed by atoms with Crippen LogP contribution in [-0.4, -0.2) is 59.4 Å². The number of carbonyl (C=O) groups is 2. The minimum atomic E-state index is -4.86. The molecule has 13 heteroatoms. The van der Waals surface area contributed by atoms with Crippen molar-refractivity contribution in [1.29, 1.82) is 0 Å². The average Bonchev–Trinajstić information content (AvgIpc) is 2.51. The number of alkyl halides is 9. The number of carboxylic acid groups (broad SMARTS) is 2. The van der Waals surface area contributed by atoms with E-state index in [9.17, 15) is 49.1 Å². The standard InChI is InChI=1S/C7H8F4O2.C6H5F5O2/c1-3(7(12)13)2-4(8)5(9)6(10)11;7-3(1-2-4(12)13)6(10,11)5(8)9/h2,4-6H,1H3,(H,12,13);1-3,5H,(H,12,13). The van der Waals surface area contributed by atoms with Crippen molar-refractivity contribution in [3.8, 4) is 0 Å². The van der Waals surface area contributed by atoms with Gasteiger partial charge in [0, 0.05) is 11.6 Å². The van der Waals surface area contributed by atoms with Crippen molar-refractivity contribution in [2.45, 2.75) is 44.2 Å². The van der Waals surface area contributed by atoms with E-state index in [4.69, 9.17) is 10.2 Å². The first-order chi connectivity index (χ1) is 11.6. The van der Waals surface area contributed by atoms with Gasteiger partial charge in [-0.25, -0.2) is 40.3 Å². The van der Waals surface area contributed by atoms with Crippen molar-refractivity contribution in [2.24, 2.45) is 0 Å².